The van der Waals surface area contributed by atoms with Crippen LogP contribution in [-0.2, 0) is 32.7 Å². The third-order valence-electron chi connectivity index (χ3n) is 8.36. The number of allylic oxidation sites excluding steroid dienone is 4. The second kappa shape index (κ2) is 35.8. The third-order valence-corrected chi connectivity index (χ3v) is 9.31. The van der Waals surface area contributed by atoms with E-state index in [-0.39, 0.29) is 19.4 Å². The topological polar surface area (TPSA) is 149 Å². The summed E-state index contributed by atoms with van der Waals surface area (Å²) in [6.45, 7) is 2.33. The van der Waals surface area contributed by atoms with Gasteiger partial charge in [-0.2, -0.15) is 0 Å². The molecule has 0 amide bonds. The minimum atomic E-state index is -4.61. The van der Waals surface area contributed by atoms with Crippen LogP contribution in [0.4, 0.5) is 0 Å². The van der Waals surface area contributed by atoms with E-state index in [1.165, 1.54) is 70.6 Å². The first-order valence-electron chi connectivity index (χ1n) is 19.8. The van der Waals surface area contributed by atoms with Gasteiger partial charge in [0.1, 0.15) is 12.7 Å². The number of phosphoric ester groups is 1. The Morgan fingerprint density at radius 1 is 0.600 bits per heavy atom. The molecule has 294 valence electrons. The molecule has 0 rings (SSSR count). The van der Waals surface area contributed by atoms with Crippen molar-refractivity contribution in [2.24, 2.45) is 0 Å². The molecule has 1 unspecified atom stereocenters. The van der Waals surface area contributed by atoms with Gasteiger partial charge < -0.3 is 24.6 Å². The van der Waals surface area contributed by atoms with Gasteiger partial charge in [-0.1, -0.05) is 141 Å². The summed E-state index contributed by atoms with van der Waals surface area (Å²) < 4.78 is 32.6. The zero-order chi connectivity index (χ0) is 37.0. The zero-order valence-corrected chi connectivity index (χ0v) is 32.5. The van der Waals surface area contributed by atoms with Crippen molar-refractivity contribution in [3.63, 3.8) is 0 Å². The molecule has 0 aliphatic heterocycles. The second-order valence-corrected chi connectivity index (χ2v) is 14.8. The lowest BCUT2D eigenvalue weighted by molar-refractivity contribution is -0.161. The number of hydrogen-bond donors (Lipinski definition) is 3. The Hall–Kier alpha value is -1.55. The molecular formula is C39H73O10P. The molecule has 0 heterocycles. The van der Waals surface area contributed by atoms with Crippen LogP contribution < -0.4 is 0 Å². The van der Waals surface area contributed by atoms with E-state index in [4.69, 9.17) is 19.1 Å². The number of rotatable bonds is 37. The lowest BCUT2D eigenvalue weighted by Gasteiger charge is -2.20. The van der Waals surface area contributed by atoms with E-state index in [1.54, 1.807) is 0 Å². The fourth-order valence-corrected chi connectivity index (χ4v) is 6.05. The average Bonchev–Trinajstić information content (AvgIpc) is 3.10. The van der Waals surface area contributed by atoms with Crippen molar-refractivity contribution in [3.8, 4) is 0 Å². The van der Waals surface area contributed by atoms with Gasteiger partial charge in [-0.05, 0) is 44.9 Å². The number of unbranched alkanes of at least 4 members (excludes halogenated alkanes) is 19. The Morgan fingerprint density at radius 2 is 1.04 bits per heavy atom. The highest BCUT2D eigenvalue weighted by molar-refractivity contribution is 7.47. The SMILES string of the molecule is CCCCC/C=C/C/C=C/CCCCCCCC(=O)O[C@H](COC(=O)CCCCCCCCCCCCCC)COP(=O)(O)OC[C@@H](O)CO. The summed E-state index contributed by atoms with van der Waals surface area (Å²) in [5, 5.41) is 18.3. The van der Waals surface area contributed by atoms with Crippen molar-refractivity contribution < 1.29 is 47.8 Å². The van der Waals surface area contributed by atoms with Crippen molar-refractivity contribution in [3.05, 3.63) is 24.3 Å². The van der Waals surface area contributed by atoms with E-state index in [0.29, 0.717) is 12.8 Å². The molecule has 11 heteroatoms. The molecule has 0 saturated carbocycles. The van der Waals surface area contributed by atoms with E-state index >= 15 is 0 Å². The minimum absolute atomic E-state index is 0.170. The largest absolute Gasteiger partial charge is 0.472 e. The van der Waals surface area contributed by atoms with Crippen LogP contribution in [0.5, 0.6) is 0 Å². The molecule has 0 radical (unpaired) electrons. The van der Waals surface area contributed by atoms with Gasteiger partial charge in [-0.3, -0.25) is 18.6 Å². The Labute approximate surface area is 304 Å². The van der Waals surface area contributed by atoms with Crippen LogP contribution in [0.3, 0.4) is 0 Å². The number of ether oxygens (including phenoxy) is 2. The summed E-state index contributed by atoms with van der Waals surface area (Å²) in [6.07, 6.45) is 32.8. The third kappa shape index (κ3) is 34.9. The smallest absolute Gasteiger partial charge is 0.462 e. The number of phosphoric acid groups is 1. The molecule has 0 aromatic rings. The predicted octanol–water partition coefficient (Wildman–Crippen LogP) is 9.83. The normalized spacial score (nSPS) is 14.3. The van der Waals surface area contributed by atoms with Crippen LogP contribution in [0.25, 0.3) is 0 Å². The first-order chi connectivity index (χ1) is 24.2. The number of aliphatic hydroxyl groups is 2. The molecule has 3 atom stereocenters. The fourth-order valence-electron chi connectivity index (χ4n) is 5.26. The lowest BCUT2D eigenvalue weighted by Crippen LogP contribution is -2.29. The molecule has 0 aliphatic rings. The number of carbonyl (C=O) groups excluding carboxylic acids is 2. The van der Waals surface area contributed by atoms with Crippen LogP contribution in [0.2, 0.25) is 0 Å². The maximum absolute atomic E-state index is 12.6. The molecule has 10 nitrogen and oxygen atoms in total. The molecular weight excluding hydrogens is 659 g/mol. The van der Waals surface area contributed by atoms with Gasteiger partial charge in [-0.25, -0.2) is 4.57 Å². The first kappa shape index (κ1) is 48.5. The first-order valence-corrected chi connectivity index (χ1v) is 21.3. The van der Waals surface area contributed by atoms with Crippen LogP contribution in [0, 0.1) is 0 Å². The number of aliphatic hydroxyl groups excluding tert-OH is 2. The maximum atomic E-state index is 12.6. The second-order valence-electron chi connectivity index (χ2n) is 13.3. The summed E-state index contributed by atoms with van der Waals surface area (Å²) in [4.78, 5) is 34.8. The summed E-state index contributed by atoms with van der Waals surface area (Å²) in [7, 11) is -4.61. The molecule has 0 spiro atoms. The van der Waals surface area contributed by atoms with Crippen molar-refractivity contribution in [2.45, 2.75) is 187 Å². The van der Waals surface area contributed by atoms with E-state index < -0.39 is 51.8 Å². The number of hydrogen-bond acceptors (Lipinski definition) is 9. The fraction of sp³-hybridized carbons (Fsp3) is 0.846. The van der Waals surface area contributed by atoms with Gasteiger partial charge in [0.05, 0.1) is 19.8 Å². The highest BCUT2D eigenvalue weighted by Crippen LogP contribution is 2.43. The molecule has 0 aromatic heterocycles. The summed E-state index contributed by atoms with van der Waals surface area (Å²) >= 11 is 0. The van der Waals surface area contributed by atoms with Crippen molar-refractivity contribution >= 4 is 19.8 Å². The van der Waals surface area contributed by atoms with Crippen molar-refractivity contribution in [1.29, 1.82) is 0 Å². The molecule has 3 N–H and O–H groups in total. The van der Waals surface area contributed by atoms with Crippen molar-refractivity contribution in [1.82, 2.24) is 0 Å². The van der Waals surface area contributed by atoms with E-state index in [2.05, 4.69) is 42.7 Å². The Kier molecular flexibility index (Phi) is 34.7. The van der Waals surface area contributed by atoms with Gasteiger partial charge in [0.25, 0.3) is 0 Å². The quantitative estimate of drug-likeness (QED) is 0.0244. The molecule has 0 bridgehead atoms. The molecule has 0 aliphatic carbocycles. The molecule has 50 heavy (non-hydrogen) atoms. The van der Waals surface area contributed by atoms with Gasteiger partial charge in [0.15, 0.2) is 6.10 Å². The highest BCUT2D eigenvalue weighted by atomic mass is 31.2. The van der Waals surface area contributed by atoms with E-state index in [9.17, 15) is 24.2 Å². The monoisotopic (exact) mass is 732 g/mol. The predicted molar refractivity (Wildman–Crippen MR) is 201 cm³/mol. The van der Waals surface area contributed by atoms with E-state index in [0.717, 1.165) is 64.2 Å². The number of carbonyl (C=O) groups is 2. The molecule has 0 fully saturated rings. The van der Waals surface area contributed by atoms with Crippen molar-refractivity contribution in [2.75, 3.05) is 26.4 Å². The van der Waals surface area contributed by atoms with Crippen LogP contribution in [0.1, 0.15) is 174 Å². The standard InChI is InChI=1S/C39H73O10P/c1-3-5-7-9-11-13-15-17-18-19-21-23-25-27-29-31-39(43)49-37(35-48-50(44,45)47-33-36(41)32-40)34-46-38(42)30-28-26-24-22-20-16-14-12-10-8-6-4-2/h11,13,17-18,36-37,40-41H,3-10,12,14-16,19-35H2,1-2H3,(H,44,45)/b13-11+,18-17+/t36-,37+/m0/s1. The molecule has 0 aromatic carbocycles. The number of esters is 2. The highest BCUT2D eigenvalue weighted by Gasteiger charge is 2.27. The summed E-state index contributed by atoms with van der Waals surface area (Å²) in [5.74, 6) is -0.938. The Balaban J connectivity index is 4.37. The van der Waals surface area contributed by atoms with Gasteiger partial charge >= 0.3 is 19.8 Å². The average molecular weight is 733 g/mol. The van der Waals surface area contributed by atoms with Crippen LogP contribution in [0.15, 0.2) is 24.3 Å². The lowest BCUT2D eigenvalue weighted by atomic mass is 10.0. The van der Waals surface area contributed by atoms with Crippen LogP contribution >= 0.6 is 7.82 Å². The Bertz CT molecular complexity index is 894. The van der Waals surface area contributed by atoms with Crippen LogP contribution in [-0.4, -0.2) is 65.7 Å². The van der Waals surface area contributed by atoms with Gasteiger partial charge in [-0.15, -0.1) is 0 Å². The molecule has 0 saturated heterocycles. The van der Waals surface area contributed by atoms with E-state index in [1.807, 2.05) is 0 Å². The zero-order valence-electron chi connectivity index (χ0n) is 31.6. The minimum Gasteiger partial charge on any atom is -0.462 e. The van der Waals surface area contributed by atoms with Gasteiger partial charge in [0, 0.05) is 12.8 Å². The van der Waals surface area contributed by atoms with Gasteiger partial charge in [0.2, 0.25) is 0 Å². The Morgan fingerprint density at radius 3 is 1.58 bits per heavy atom. The summed E-state index contributed by atoms with van der Waals surface area (Å²) in [5.41, 5.74) is 0. The maximum Gasteiger partial charge on any atom is 0.472 e. The summed E-state index contributed by atoms with van der Waals surface area (Å²) in [6, 6.07) is 0.